The zero-order valence-electron chi connectivity index (χ0n) is 27.8. The first-order valence-electron chi connectivity index (χ1n) is 15.5. The number of hydrogen-bond donors (Lipinski definition) is 0. The Kier molecular flexibility index (Phi) is 7.88. The van der Waals surface area contributed by atoms with Gasteiger partial charge in [-0.15, -0.1) is 70.3 Å². The molecule has 0 saturated carbocycles. The predicted octanol–water partition coefficient (Wildman–Crippen LogP) is 10.4. The molecule has 3 aromatic carbocycles. The number of rotatable bonds is 2. The minimum absolute atomic E-state index is 0. The van der Waals surface area contributed by atoms with Gasteiger partial charge in [-0.25, -0.2) is 0 Å². The van der Waals surface area contributed by atoms with Crippen molar-refractivity contribution in [3.8, 4) is 22.5 Å². The topological polar surface area (TPSA) is 25.8 Å². The molecule has 0 aliphatic heterocycles. The number of nitrogens with zero attached hydrogens (tertiary/aromatic N) is 2. The van der Waals surface area contributed by atoms with Crippen LogP contribution in [0.3, 0.4) is 0 Å². The zero-order valence-corrected chi connectivity index (χ0v) is 30.2. The van der Waals surface area contributed by atoms with E-state index in [-0.39, 0.29) is 47.2 Å². The minimum Gasteiger partial charge on any atom is -0.305 e. The number of aromatic nitrogens is 2. The van der Waals surface area contributed by atoms with Gasteiger partial charge in [-0.2, -0.15) is 0 Å². The van der Waals surface area contributed by atoms with Crippen molar-refractivity contribution in [3.63, 3.8) is 0 Å². The summed E-state index contributed by atoms with van der Waals surface area (Å²) in [7, 11) is 0. The first-order valence-corrected chi connectivity index (χ1v) is 15.5. The van der Waals surface area contributed by atoms with Gasteiger partial charge < -0.3 is 4.98 Å². The average molecular weight is 757 g/mol. The van der Waals surface area contributed by atoms with Gasteiger partial charge in [-0.3, -0.25) is 4.98 Å². The Morgan fingerprint density at radius 1 is 0.659 bits per heavy atom. The molecule has 3 heteroatoms. The van der Waals surface area contributed by atoms with Gasteiger partial charge in [0.1, 0.15) is 0 Å². The summed E-state index contributed by atoms with van der Waals surface area (Å²) in [6, 6.07) is 33.9. The van der Waals surface area contributed by atoms with E-state index in [4.69, 9.17) is 4.98 Å². The second kappa shape index (κ2) is 10.7. The molecule has 1 atom stereocenters. The molecule has 2 aliphatic carbocycles. The van der Waals surface area contributed by atoms with Crippen molar-refractivity contribution in [2.75, 3.05) is 0 Å². The van der Waals surface area contributed by atoms with Crippen molar-refractivity contribution in [2.45, 2.75) is 85.5 Å². The van der Waals surface area contributed by atoms with Crippen LogP contribution in [0.2, 0.25) is 0 Å². The Morgan fingerprint density at radius 2 is 1.36 bits per heavy atom. The van der Waals surface area contributed by atoms with Crippen molar-refractivity contribution in [2.24, 2.45) is 10.8 Å². The van der Waals surface area contributed by atoms with Crippen LogP contribution < -0.4 is 0 Å². The molecule has 2 aliphatic rings. The van der Waals surface area contributed by atoms with Gasteiger partial charge in [0.15, 0.2) is 0 Å². The number of hydrogen-bond acceptors (Lipinski definition) is 2. The van der Waals surface area contributed by atoms with Crippen LogP contribution in [0.4, 0.5) is 0 Å². The van der Waals surface area contributed by atoms with E-state index in [1.165, 1.54) is 22.1 Å². The molecule has 0 fully saturated rings. The first-order chi connectivity index (χ1) is 20.2. The average Bonchev–Trinajstić information content (AvgIpc) is 3.21. The van der Waals surface area contributed by atoms with Crippen LogP contribution in [0.5, 0.6) is 0 Å². The van der Waals surface area contributed by atoms with Crippen molar-refractivity contribution < 1.29 is 20.1 Å². The van der Waals surface area contributed by atoms with E-state index in [0.29, 0.717) is 0 Å². The van der Waals surface area contributed by atoms with Gasteiger partial charge in [0.05, 0.1) is 5.52 Å². The summed E-state index contributed by atoms with van der Waals surface area (Å²) in [5, 5.41) is 1.23. The van der Waals surface area contributed by atoms with E-state index in [0.717, 1.165) is 28.0 Å². The fourth-order valence-electron chi connectivity index (χ4n) is 8.04. The van der Waals surface area contributed by atoms with Crippen LogP contribution >= 0.6 is 0 Å². The molecule has 2 heterocycles. The van der Waals surface area contributed by atoms with Gasteiger partial charge in [0.25, 0.3) is 0 Å². The zero-order chi connectivity index (χ0) is 31.0. The van der Waals surface area contributed by atoms with E-state index in [1.54, 1.807) is 11.8 Å². The van der Waals surface area contributed by atoms with Crippen molar-refractivity contribution >= 4 is 10.9 Å². The summed E-state index contributed by atoms with van der Waals surface area (Å²) in [6.07, 6.45) is 1.79. The normalized spacial score (nSPS) is 21.1. The van der Waals surface area contributed by atoms with Gasteiger partial charge in [-0.1, -0.05) is 98.7 Å². The molecule has 0 spiro atoms. The van der Waals surface area contributed by atoms with Crippen LogP contribution in [0, 0.1) is 29.9 Å². The van der Waals surface area contributed by atoms with E-state index >= 15 is 0 Å². The first kappa shape index (κ1) is 32.3. The number of aryl methyl sites for hydroxylation is 1. The fraction of sp³-hybridized carbons (Fsp3) is 0.366. The standard InChI is InChI=1S/C30H36N.C11H8N.Ir/c1-18-12-11-13-24-20(18)14-15-23(31-24)19-16-21-25-22(17-19)27(4,5)29(8,9)30(25,10)28(6,7)26(21,2)3;1-2-6-10(7-3-1)11-8-4-5-9-12-11;/h11-16H,1-10H3;1-6,8-9H;/q2*-1;. The molecular weight excluding hydrogens is 713 g/mol. The van der Waals surface area contributed by atoms with E-state index < -0.39 is 0 Å². The largest absolute Gasteiger partial charge is 0.305 e. The molecule has 229 valence electrons. The maximum absolute atomic E-state index is 5.08. The van der Waals surface area contributed by atoms with Crippen molar-refractivity contribution in [1.82, 2.24) is 9.97 Å². The molecule has 1 radical (unpaired) electrons. The van der Waals surface area contributed by atoms with Crippen LogP contribution in [0.15, 0.2) is 85.1 Å². The molecule has 0 N–H and O–H groups in total. The molecule has 7 rings (SSSR count). The molecule has 0 saturated heterocycles. The molecule has 1 unspecified atom stereocenters. The second-order valence-corrected chi connectivity index (χ2v) is 14.8. The SMILES string of the molecule is Cc1cccc2nc(-c3[c-]c4c5c(c3)C(C)(C)C(C)(C)C5(C)C(C)(C)C4(C)C)ccc12.[Ir].[c-]1ccccc1-c1ccccn1. The van der Waals surface area contributed by atoms with Crippen LogP contribution in [-0.2, 0) is 36.4 Å². The van der Waals surface area contributed by atoms with E-state index in [1.807, 2.05) is 42.5 Å². The molecule has 2 nitrogen and oxygen atoms in total. The molecule has 5 aromatic rings. The van der Waals surface area contributed by atoms with Crippen LogP contribution in [-0.4, -0.2) is 9.97 Å². The third kappa shape index (κ3) is 4.30. The second-order valence-electron chi connectivity index (χ2n) is 14.8. The maximum atomic E-state index is 5.08. The van der Waals surface area contributed by atoms with Crippen molar-refractivity contribution in [3.05, 3.63) is 119 Å². The third-order valence-electron chi connectivity index (χ3n) is 12.4. The number of fused-ring (bicyclic) bond motifs is 1. The fourth-order valence-corrected chi connectivity index (χ4v) is 8.04. The summed E-state index contributed by atoms with van der Waals surface area (Å²) in [4.78, 5) is 9.29. The quantitative estimate of drug-likeness (QED) is 0.168. The molecule has 44 heavy (non-hydrogen) atoms. The monoisotopic (exact) mass is 757 g/mol. The maximum Gasteiger partial charge on any atom is 0.0597 e. The number of pyridine rings is 2. The predicted molar refractivity (Wildman–Crippen MR) is 180 cm³/mol. The number of benzene rings is 3. The summed E-state index contributed by atoms with van der Waals surface area (Å²) >= 11 is 0. The summed E-state index contributed by atoms with van der Waals surface area (Å²) in [5.74, 6) is 0. The van der Waals surface area contributed by atoms with Gasteiger partial charge in [0.2, 0.25) is 0 Å². The summed E-state index contributed by atoms with van der Waals surface area (Å²) in [6.45, 7) is 24.3. The Hall–Kier alpha value is -3.13. The molecule has 2 aromatic heterocycles. The molecular formula is C41H44IrN2-2. The molecule has 0 bridgehead atoms. The van der Waals surface area contributed by atoms with Crippen LogP contribution in [0.1, 0.15) is 84.6 Å². The minimum atomic E-state index is 0. The van der Waals surface area contributed by atoms with Crippen LogP contribution in [0.25, 0.3) is 33.4 Å². The third-order valence-corrected chi connectivity index (χ3v) is 12.4. The Labute approximate surface area is 278 Å². The summed E-state index contributed by atoms with van der Waals surface area (Å²) in [5.41, 5.74) is 11.4. The van der Waals surface area contributed by atoms with Gasteiger partial charge >= 0.3 is 0 Å². The summed E-state index contributed by atoms with van der Waals surface area (Å²) < 4.78 is 0. The van der Waals surface area contributed by atoms with Crippen molar-refractivity contribution in [1.29, 1.82) is 0 Å². The smallest absolute Gasteiger partial charge is 0.0597 e. The van der Waals surface area contributed by atoms with Gasteiger partial charge in [-0.05, 0) is 63.1 Å². The Morgan fingerprint density at radius 3 is 2.02 bits per heavy atom. The Bertz CT molecular complexity index is 1750. The molecule has 0 amide bonds. The van der Waals surface area contributed by atoms with E-state index in [2.05, 4.69) is 123 Å². The Balaban J connectivity index is 0.000000248. The van der Waals surface area contributed by atoms with Gasteiger partial charge in [0, 0.05) is 31.7 Å². The van der Waals surface area contributed by atoms with E-state index in [9.17, 15) is 0 Å².